The van der Waals surface area contributed by atoms with Gasteiger partial charge in [-0.1, -0.05) is 22.8 Å². The van der Waals surface area contributed by atoms with E-state index in [0.29, 0.717) is 53.2 Å². The molecule has 0 aliphatic rings. The number of aromatic nitrogens is 2. The Morgan fingerprint density at radius 1 is 1.30 bits per heavy atom. The molecule has 0 aliphatic heterocycles. The van der Waals surface area contributed by atoms with Crippen molar-refractivity contribution in [1.82, 2.24) is 10.1 Å². The molecule has 1 amide bonds. The highest BCUT2D eigenvalue weighted by molar-refractivity contribution is 7.13. The van der Waals surface area contributed by atoms with Gasteiger partial charge in [0.1, 0.15) is 11.5 Å². The van der Waals surface area contributed by atoms with Gasteiger partial charge in [0.2, 0.25) is 17.6 Å². The van der Waals surface area contributed by atoms with Gasteiger partial charge in [0.05, 0.1) is 29.8 Å². The van der Waals surface area contributed by atoms with E-state index in [0.717, 1.165) is 4.88 Å². The second-order valence-electron chi connectivity index (χ2n) is 5.58. The van der Waals surface area contributed by atoms with Crippen molar-refractivity contribution >= 4 is 34.5 Å². The SMILES string of the molecule is COc1cc(OC)c(NC(=O)CCCc2nc(-c3cccs3)no2)cc1Cl. The minimum atomic E-state index is -0.160. The average molecular weight is 408 g/mol. The lowest BCUT2D eigenvalue weighted by molar-refractivity contribution is -0.116. The molecule has 0 spiro atoms. The Hall–Kier alpha value is -2.58. The molecule has 0 saturated heterocycles. The summed E-state index contributed by atoms with van der Waals surface area (Å²) in [7, 11) is 3.03. The Kier molecular flexibility index (Phi) is 6.31. The van der Waals surface area contributed by atoms with E-state index in [9.17, 15) is 4.79 Å². The Balaban J connectivity index is 1.54. The highest BCUT2D eigenvalue weighted by Gasteiger charge is 2.14. The lowest BCUT2D eigenvalue weighted by Gasteiger charge is -2.13. The van der Waals surface area contributed by atoms with Gasteiger partial charge in [-0.15, -0.1) is 11.3 Å². The van der Waals surface area contributed by atoms with Gasteiger partial charge in [0.15, 0.2) is 0 Å². The zero-order valence-corrected chi connectivity index (χ0v) is 16.4. The van der Waals surface area contributed by atoms with Gasteiger partial charge >= 0.3 is 0 Å². The van der Waals surface area contributed by atoms with Gasteiger partial charge in [-0.3, -0.25) is 4.79 Å². The number of nitrogens with zero attached hydrogens (tertiary/aromatic N) is 2. The Labute approximate surface area is 165 Å². The summed E-state index contributed by atoms with van der Waals surface area (Å²) < 4.78 is 15.6. The molecule has 0 radical (unpaired) electrons. The molecule has 1 N–H and O–H groups in total. The lowest BCUT2D eigenvalue weighted by Crippen LogP contribution is -2.12. The molecular formula is C18H18ClN3O4S. The molecule has 0 saturated carbocycles. The van der Waals surface area contributed by atoms with Crippen molar-refractivity contribution in [1.29, 1.82) is 0 Å². The van der Waals surface area contributed by atoms with Gasteiger partial charge in [0.25, 0.3) is 0 Å². The van der Waals surface area contributed by atoms with E-state index in [1.165, 1.54) is 14.2 Å². The second kappa shape index (κ2) is 8.88. The number of aryl methyl sites for hydroxylation is 1. The van der Waals surface area contributed by atoms with Crippen molar-refractivity contribution in [2.45, 2.75) is 19.3 Å². The van der Waals surface area contributed by atoms with Crippen LogP contribution in [0.3, 0.4) is 0 Å². The Morgan fingerprint density at radius 2 is 2.11 bits per heavy atom. The largest absolute Gasteiger partial charge is 0.495 e. The molecule has 2 aromatic heterocycles. The van der Waals surface area contributed by atoms with Crippen LogP contribution in [0, 0.1) is 0 Å². The van der Waals surface area contributed by atoms with Crippen LogP contribution < -0.4 is 14.8 Å². The van der Waals surface area contributed by atoms with E-state index < -0.39 is 0 Å². The predicted molar refractivity (Wildman–Crippen MR) is 104 cm³/mol. The first-order chi connectivity index (χ1) is 13.1. The number of nitrogens with one attached hydrogen (secondary N) is 1. The Bertz CT molecular complexity index is 911. The van der Waals surface area contributed by atoms with Crippen LogP contribution in [0.25, 0.3) is 10.7 Å². The summed E-state index contributed by atoms with van der Waals surface area (Å²) in [5.74, 6) is 1.87. The van der Waals surface area contributed by atoms with E-state index in [4.69, 9.17) is 25.6 Å². The standard InChI is InChI=1S/C18H18ClN3O4S/c1-24-13-10-14(25-2)12(9-11(13)19)20-16(23)6-3-7-17-21-18(22-26-17)15-5-4-8-27-15/h4-5,8-10H,3,6-7H2,1-2H3,(H,20,23). The van der Waals surface area contributed by atoms with Crippen LogP contribution in [0.2, 0.25) is 5.02 Å². The minimum absolute atomic E-state index is 0.160. The fourth-order valence-electron chi connectivity index (χ4n) is 2.43. The van der Waals surface area contributed by atoms with Crippen molar-refractivity contribution in [3.05, 3.63) is 40.6 Å². The number of carbonyl (C=O) groups excluding carboxylic acids is 1. The van der Waals surface area contributed by atoms with Crippen LogP contribution in [-0.4, -0.2) is 30.3 Å². The summed E-state index contributed by atoms with van der Waals surface area (Å²) >= 11 is 7.66. The maximum Gasteiger partial charge on any atom is 0.226 e. The molecule has 0 bridgehead atoms. The first-order valence-corrected chi connectivity index (χ1v) is 9.44. The number of carbonyl (C=O) groups is 1. The molecule has 0 aliphatic carbocycles. The first-order valence-electron chi connectivity index (χ1n) is 8.18. The van der Waals surface area contributed by atoms with Crippen molar-refractivity contribution in [3.63, 3.8) is 0 Å². The molecule has 3 rings (SSSR count). The highest BCUT2D eigenvalue weighted by atomic mass is 35.5. The molecule has 0 unspecified atom stereocenters. The number of amides is 1. The number of methoxy groups -OCH3 is 2. The number of ether oxygens (including phenoxy) is 2. The first kappa shape index (κ1) is 19.2. The van der Waals surface area contributed by atoms with Crippen LogP contribution in [0.5, 0.6) is 11.5 Å². The molecule has 9 heteroatoms. The molecule has 7 nitrogen and oxygen atoms in total. The summed E-state index contributed by atoms with van der Waals surface area (Å²) in [4.78, 5) is 17.5. The quantitative estimate of drug-likeness (QED) is 0.594. The second-order valence-corrected chi connectivity index (χ2v) is 6.93. The zero-order valence-electron chi connectivity index (χ0n) is 14.8. The average Bonchev–Trinajstić information content (AvgIpc) is 3.33. The van der Waals surface area contributed by atoms with Gasteiger partial charge < -0.3 is 19.3 Å². The fraction of sp³-hybridized carbons (Fsp3) is 0.278. The smallest absolute Gasteiger partial charge is 0.226 e. The third kappa shape index (κ3) is 4.78. The van der Waals surface area contributed by atoms with E-state index in [-0.39, 0.29) is 5.91 Å². The molecule has 0 atom stereocenters. The van der Waals surface area contributed by atoms with Gasteiger partial charge in [-0.05, 0) is 23.9 Å². The van der Waals surface area contributed by atoms with Crippen molar-refractivity contribution < 1.29 is 18.8 Å². The van der Waals surface area contributed by atoms with Crippen LogP contribution in [0.1, 0.15) is 18.7 Å². The summed E-state index contributed by atoms with van der Waals surface area (Å²) in [6, 6.07) is 7.09. The van der Waals surface area contributed by atoms with Crippen molar-refractivity contribution in [2.75, 3.05) is 19.5 Å². The van der Waals surface area contributed by atoms with Gasteiger partial charge in [-0.25, -0.2) is 0 Å². The number of rotatable bonds is 8. The number of hydrogen-bond donors (Lipinski definition) is 1. The highest BCUT2D eigenvalue weighted by Crippen LogP contribution is 2.36. The number of benzene rings is 1. The van der Waals surface area contributed by atoms with Crippen LogP contribution in [-0.2, 0) is 11.2 Å². The Morgan fingerprint density at radius 3 is 2.81 bits per heavy atom. The minimum Gasteiger partial charge on any atom is -0.495 e. The van der Waals surface area contributed by atoms with Crippen LogP contribution in [0.15, 0.2) is 34.2 Å². The molecule has 3 aromatic rings. The molecule has 142 valence electrons. The summed E-state index contributed by atoms with van der Waals surface area (Å²) in [6.45, 7) is 0. The van der Waals surface area contributed by atoms with Gasteiger partial charge in [-0.2, -0.15) is 4.98 Å². The lowest BCUT2D eigenvalue weighted by atomic mass is 10.2. The zero-order chi connectivity index (χ0) is 19.2. The fourth-order valence-corrected chi connectivity index (χ4v) is 3.32. The number of halogens is 1. The number of thiophene rings is 1. The number of hydrogen-bond acceptors (Lipinski definition) is 7. The predicted octanol–water partition coefficient (Wildman–Crippen LogP) is 4.43. The monoisotopic (exact) mass is 407 g/mol. The van der Waals surface area contributed by atoms with Crippen molar-refractivity contribution in [3.8, 4) is 22.2 Å². The van der Waals surface area contributed by atoms with E-state index >= 15 is 0 Å². The molecule has 27 heavy (non-hydrogen) atoms. The van der Waals surface area contributed by atoms with E-state index in [1.807, 2.05) is 17.5 Å². The van der Waals surface area contributed by atoms with Gasteiger partial charge in [0, 0.05) is 18.9 Å². The molecular weight excluding hydrogens is 390 g/mol. The molecule has 0 fully saturated rings. The summed E-state index contributed by atoms with van der Waals surface area (Å²) in [5.41, 5.74) is 0.492. The van der Waals surface area contributed by atoms with Crippen LogP contribution in [0.4, 0.5) is 5.69 Å². The van der Waals surface area contributed by atoms with Crippen molar-refractivity contribution in [2.24, 2.45) is 0 Å². The summed E-state index contributed by atoms with van der Waals surface area (Å²) in [5, 5.41) is 9.10. The number of anilines is 1. The normalized spacial score (nSPS) is 10.6. The van der Waals surface area contributed by atoms with E-state index in [2.05, 4.69) is 15.5 Å². The molecule has 1 aromatic carbocycles. The third-order valence-electron chi connectivity index (χ3n) is 3.75. The van der Waals surface area contributed by atoms with E-state index in [1.54, 1.807) is 23.5 Å². The molecule has 2 heterocycles. The summed E-state index contributed by atoms with van der Waals surface area (Å²) in [6.07, 6.45) is 1.39. The third-order valence-corrected chi connectivity index (χ3v) is 4.91. The maximum absolute atomic E-state index is 12.2. The van der Waals surface area contributed by atoms with Crippen LogP contribution >= 0.6 is 22.9 Å². The maximum atomic E-state index is 12.2. The topological polar surface area (TPSA) is 86.5 Å².